The van der Waals surface area contributed by atoms with Crippen LogP contribution in [0.15, 0.2) is 40.9 Å². The summed E-state index contributed by atoms with van der Waals surface area (Å²) >= 11 is 3.41. The lowest BCUT2D eigenvalue weighted by Gasteiger charge is -2.28. The molecule has 3 aromatic rings. The van der Waals surface area contributed by atoms with Gasteiger partial charge in [-0.15, -0.1) is 0 Å². The summed E-state index contributed by atoms with van der Waals surface area (Å²) in [5, 5.41) is 27.1. The molecule has 1 aliphatic carbocycles. The van der Waals surface area contributed by atoms with Crippen molar-refractivity contribution < 1.29 is 23.4 Å². The largest absolute Gasteiger partial charge is 0.396 e. The van der Waals surface area contributed by atoms with E-state index in [0.29, 0.717) is 28.0 Å². The van der Waals surface area contributed by atoms with E-state index in [1.807, 2.05) is 30.3 Å². The molecule has 9 nitrogen and oxygen atoms in total. The van der Waals surface area contributed by atoms with Gasteiger partial charge in [0.15, 0.2) is 0 Å². The predicted octanol–water partition coefficient (Wildman–Crippen LogP) is 2.39. The van der Waals surface area contributed by atoms with Crippen molar-refractivity contribution in [2.24, 2.45) is 5.92 Å². The van der Waals surface area contributed by atoms with Crippen LogP contribution < -0.4 is 9.62 Å². The Hall–Kier alpha value is -2.47. The van der Waals surface area contributed by atoms with E-state index in [-0.39, 0.29) is 31.6 Å². The molecule has 0 bridgehead atoms. The lowest BCUT2D eigenvalue weighted by molar-refractivity contribution is 0.0957. The Kier molecular flexibility index (Phi) is 6.99. The van der Waals surface area contributed by atoms with Gasteiger partial charge in [0.05, 0.1) is 23.1 Å². The van der Waals surface area contributed by atoms with Crippen molar-refractivity contribution in [1.82, 2.24) is 15.1 Å². The summed E-state index contributed by atoms with van der Waals surface area (Å²) in [4.78, 5) is 12.9. The second-order valence-corrected chi connectivity index (χ2v) is 11.4. The van der Waals surface area contributed by atoms with Gasteiger partial charge in [0, 0.05) is 42.6 Å². The summed E-state index contributed by atoms with van der Waals surface area (Å²) in [5.41, 5.74) is 2.80. The lowest BCUT2D eigenvalue weighted by atomic mass is 10.0. The third kappa shape index (κ3) is 4.83. The van der Waals surface area contributed by atoms with Crippen LogP contribution in [0.5, 0.6) is 0 Å². The molecule has 0 radical (unpaired) electrons. The number of halogens is 1. The van der Waals surface area contributed by atoms with Gasteiger partial charge >= 0.3 is 0 Å². The number of benzene rings is 2. The third-order valence-electron chi connectivity index (χ3n) is 5.96. The molecule has 4 rings (SSSR count). The van der Waals surface area contributed by atoms with E-state index in [2.05, 4.69) is 26.3 Å². The van der Waals surface area contributed by atoms with E-state index in [1.165, 1.54) is 4.31 Å². The number of nitrogens with one attached hydrogen (secondary N) is 1. The number of sulfonamides is 1. The average Bonchev–Trinajstić information content (AvgIpc) is 3.59. The number of hydrogen-bond acceptors (Lipinski definition) is 6. The fraction of sp³-hybridized carbons (Fsp3) is 0.391. The number of fused-ring (bicyclic) bond motifs is 1. The Labute approximate surface area is 206 Å². The molecule has 2 aromatic carbocycles. The van der Waals surface area contributed by atoms with E-state index in [1.54, 1.807) is 17.8 Å². The van der Waals surface area contributed by atoms with E-state index >= 15 is 0 Å². The highest BCUT2D eigenvalue weighted by molar-refractivity contribution is 9.10. The number of hydrogen-bond donors (Lipinski definition) is 3. The van der Waals surface area contributed by atoms with Crippen LogP contribution in [-0.4, -0.2) is 67.4 Å². The highest BCUT2D eigenvalue weighted by atomic mass is 79.9. The van der Waals surface area contributed by atoms with Crippen LogP contribution in [0.1, 0.15) is 34.8 Å². The van der Waals surface area contributed by atoms with Gasteiger partial charge in [-0.1, -0.05) is 15.9 Å². The molecule has 1 aromatic heterocycles. The zero-order valence-corrected chi connectivity index (χ0v) is 21.3. The zero-order valence-electron chi connectivity index (χ0n) is 18.9. The van der Waals surface area contributed by atoms with Gasteiger partial charge in [0.25, 0.3) is 5.91 Å². The number of aliphatic hydroxyl groups is 2. The average molecular weight is 551 g/mol. The van der Waals surface area contributed by atoms with Crippen molar-refractivity contribution in [3.63, 3.8) is 0 Å². The topological polar surface area (TPSA) is 125 Å². The molecule has 34 heavy (non-hydrogen) atoms. The monoisotopic (exact) mass is 550 g/mol. The second kappa shape index (κ2) is 9.65. The van der Waals surface area contributed by atoms with E-state index in [0.717, 1.165) is 29.1 Å². The van der Waals surface area contributed by atoms with Crippen LogP contribution in [0.25, 0.3) is 16.6 Å². The molecule has 0 aliphatic heterocycles. The van der Waals surface area contributed by atoms with Gasteiger partial charge in [0.2, 0.25) is 10.0 Å². The first-order valence-corrected chi connectivity index (χ1v) is 13.6. The molecule has 11 heteroatoms. The van der Waals surface area contributed by atoms with Gasteiger partial charge in [-0.2, -0.15) is 5.10 Å². The number of carbonyl (C=O) groups excluding carboxylic acids is 1. The molecule has 1 fully saturated rings. The molecule has 1 aliphatic rings. The van der Waals surface area contributed by atoms with Crippen molar-refractivity contribution >= 4 is 48.5 Å². The van der Waals surface area contributed by atoms with Gasteiger partial charge in [-0.3, -0.25) is 9.10 Å². The fourth-order valence-corrected chi connectivity index (χ4v) is 5.26. The van der Waals surface area contributed by atoms with Gasteiger partial charge in [0.1, 0.15) is 5.69 Å². The maximum Gasteiger partial charge on any atom is 0.270 e. The van der Waals surface area contributed by atoms with E-state index < -0.39 is 15.9 Å². The van der Waals surface area contributed by atoms with Gasteiger partial charge < -0.3 is 15.5 Å². The molecule has 1 saturated carbocycles. The lowest BCUT2D eigenvalue weighted by Crippen LogP contribution is -2.37. The smallest absolute Gasteiger partial charge is 0.270 e. The Morgan fingerprint density at radius 1 is 1.24 bits per heavy atom. The molecule has 1 heterocycles. The number of carbonyl (C=O) groups is 1. The highest BCUT2D eigenvalue weighted by Gasteiger charge is 2.33. The van der Waals surface area contributed by atoms with Crippen LogP contribution in [0.4, 0.5) is 5.69 Å². The van der Waals surface area contributed by atoms with Crippen LogP contribution in [0.2, 0.25) is 0 Å². The maximum absolute atomic E-state index is 12.9. The summed E-state index contributed by atoms with van der Waals surface area (Å²) in [6.07, 6.45) is 2.93. The maximum atomic E-state index is 12.9. The predicted molar refractivity (Wildman–Crippen MR) is 134 cm³/mol. The molecule has 1 amide bonds. The summed E-state index contributed by atoms with van der Waals surface area (Å²) in [6.45, 7) is -0.752. The zero-order chi connectivity index (χ0) is 24.6. The van der Waals surface area contributed by atoms with Crippen molar-refractivity contribution in [3.8, 4) is 5.69 Å². The highest BCUT2D eigenvalue weighted by Crippen LogP contribution is 2.46. The molecule has 0 unspecified atom stereocenters. The quantitative estimate of drug-likeness (QED) is 0.375. The van der Waals surface area contributed by atoms with Crippen LogP contribution >= 0.6 is 15.9 Å². The van der Waals surface area contributed by atoms with E-state index in [4.69, 9.17) is 0 Å². The first kappa shape index (κ1) is 24.6. The van der Waals surface area contributed by atoms with Crippen molar-refractivity contribution in [3.05, 3.63) is 52.1 Å². The second-order valence-electron chi connectivity index (χ2n) is 8.54. The van der Waals surface area contributed by atoms with E-state index in [9.17, 15) is 23.4 Å². The first-order valence-electron chi connectivity index (χ1n) is 10.9. The van der Waals surface area contributed by atoms with Crippen molar-refractivity contribution in [2.75, 3.05) is 37.4 Å². The molecule has 0 atom stereocenters. The van der Waals surface area contributed by atoms with Crippen LogP contribution in [-0.2, 0) is 10.0 Å². The number of rotatable bonds is 9. The molecular formula is C23H27BrN4O5S. The Balaban J connectivity index is 1.96. The third-order valence-corrected chi connectivity index (χ3v) is 7.63. The Bertz CT molecular complexity index is 1320. The normalized spacial score (nSPS) is 14.1. The SMILES string of the molecule is CNC(=O)c1c2cc(C3CC3)c(N(CC(CO)CO)S(C)(=O)=O)cc2nn1-c1ccc(Br)cc1. The minimum absolute atomic E-state index is 0.0627. The molecule has 0 spiro atoms. The molecule has 3 N–H and O–H groups in total. The van der Waals surface area contributed by atoms with Crippen LogP contribution in [0, 0.1) is 5.92 Å². The summed E-state index contributed by atoms with van der Waals surface area (Å²) in [7, 11) is -2.17. The number of amides is 1. The van der Waals surface area contributed by atoms with Crippen molar-refractivity contribution in [1.29, 1.82) is 0 Å². The summed E-state index contributed by atoms with van der Waals surface area (Å²) in [6, 6.07) is 10.9. The number of anilines is 1. The first-order chi connectivity index (χ1) is 16.2. The number of aliphatic hydroxyl groups excluding tert-OH is 2. The Morgan fingerprint density at radius 3 is 2.41 bits per heavy atom. The molecular weight excluding hydrogens is 524 g/mol. The minimum Gasteiger partial charge on any atom is -0.396 e. The number of aromatic nitrogens is 2. The molecule has 0 saturated heterocycles. The Morgan fingerprint density at radius 2 is 1.88 bits per heavy atom. The fourth-order valence-electron chi connectivity index (χ4n) is 4.00. The summed E-state index contributed by atoms with van der Waals surface area (Å²) < 4.78 is 29.2. The molecule has 182 valence electrons. The van der Waals surface area contributed by atoms with Gasteiger partial charge in [-0.25, -0.2) is 13.1 Å². The standard InChI is InChI=1S/C23H27BrN4O5S/c1-25-23(31)22-19-9-18(15-3-4-15)21(27(34(2,32)33)11-14(12-29)13-30)10-20(19)26-28(22)17-7-5-16(24)6-8-17/h5-10,14-15,29-30H,3-4,11-13H2,1-2H3,(H,25,31). The van der Waals surface area contributed by atoms with Crippen LogP contribution in [0.3, 0.4) is 0 Å². The van der Waals surface area contributed by atoms with Gasteiger partial charge in [-0.05, 0) is 60.7 Å². The number of nitrogens with zero attached hydrogens (tertiary/aromatic N) is 3. The van der Waals surface area contributed by atoms with Crippen molar-refractivity contribution in [2.45, 2.75) is 18.8 Å². The minimum atomic E-state index is -3.72. The summed E-state index contributed by atoms with van der Waals surface area (Å²) in [5.74, 6) is -0.765.